The summed E-state index contributed by atoms with van der Waals surface area (Å²) in [4.78, 5) is 22.9. The fourth-order valence-electron chi connectivity index (χ4n) is 3.24. The lowest BCUT2D eigenvalue weighted by Crippen LogP contribution is -2.35. The molecular formula is C17H19N7O. The first-order chi connectivity index (χ1) is 12.2. The molecule has 1 aliphatic heterocycles. The van der Waals surface area contributed by atoms with Crippen LogP contribution in [-0.4, -0.2) is 41.8 Å². The molecule has 1 unspecified atom stereocenters. The Balaban J connectivity index is 1.49. The second-order valence-corrected chi connectivity index (χ2v) is 6.05. The molecule has 0 radical (unpaired) electrons. The monoisotopic (exact) mass is 337 g/mol. The van der Waals surface area contributed by atoms with Crippen LogP contribution in [0.25, 0.3) is 5.95 Å². The number of aromatic nitrogens is 5. The number of carbonyl (C=O) groups is 1. The van der Waals surface area contributed by atoms with E-state index >= 15 is 0 Å². The molecule has 4 heterocycles. The Bertz CT molecular complexity index is 870. The van der Waals surface area contributed by atoms with Crippen LogP contribution < -0.4 is 5.32 Å². The summed E-state index contributed by atoms with van der Waals surface area (Å²) in [6.07, 6.45) is 10.6. The molecule has 1 fully saturated rings. The maximum atomic E-state index is 12.7. The maximum Gasteiger partial charge on any atom is 0.322 e. The maximum absolute atomic E-state index is 12.7. The van der Waals surface area contributed by atoms with E-state index in [0.717, 1.165) is 25.1 Å². The summed E-state index contributed by atoms with van der Waals surface area (Å²) < 4.78 is 3.61. The van der Waals surface area contributed by atoms with Gasteiger partial charge in [-0.1, -0.05) is 0 Å². The number of amides is 2. The zero-order chi connectivity index (χ0) is 17.2. The van der Waals surface area contributed by atoms with Crippen molar-refractivity contribution in [3.8, 4) is 5.95 Å². The van der Waals surface area contributed by atoms with Gasteiger partial charge in [0.15, 0.2) is 0 Å². The zero-order valence-corrected chi connectivity index (χ0v) is 13.9. The number of rotatable bonds is 3. The molecule has 25 heavy (non-hydrogen) atoms. The van der Waals surface area contributed by atoms with Gasteiger partial charge in [-0.05, 0) is 31.0 Å². The number of urea groups is 1. The largest absolute Gasteiger partial charge is 0.353 e. The van der Waals surface area contributed by atoms with Gasteiger partial charge in [-0.3, -0.25) is 0 Å². The molecule has 4 rings (SSSR count). The Hall–Kier alpha value is -3.16. The van der Waals surface area contributed by atoms with E-state index in [1.165, 1.54) is 4.68 Å². The minimum Gasteiger partial charge on any atom is -0.353 e. The fourth-order valence-corrected chi connectivity index (χ4v) is 3.24. The molecule has 2 amide bonds. The second-order valence-electron chi connectivity index (χ2n) is 6.05. The van der Waals surface area contributed by atoms with Crippen LogP contribution in [-0.2, 0) is 7.05 Å². The molecule has 3 aromatic heterocycles. The van der Waals surface area contributed by atoms with Crippen molar-refractivity contribution < 1.29 is 4.79 Å². The number of nitrogens with zero attached hydrogens (tertiary/aromatic N) is 6. The smallest absolute Gasteiger partial charge is 0.322 e. The van der Waals surface area contributed by atoms with Crippen LogP contribution in [0.3, 0.4) is 0 Å². The van der Waals surface area contributed by atoms with Crippen LogP contribution in [0.5, 0.6) is 0 Å². The first kappa shape index (κ1) is 15.4. The molecule has 0 aromatic carbocycles. The lowest BCUT2D eigenvalue weighted by atomic mass is 10.1. The second kappa shape index (κ2) is 6.39. The Labute approximate surface area is 145 Å². The van der Waals surface area contributed by atoms with Gasteiger partial charge in [-0.2, -0.15) is 5.10 Å². The van der Waals surface area contributed by atoms with E-state index in [1.54, 1.807) is 30.9 Å². The SMILES string of the molecule is Cn1cccc1C1CCCN1C(=O)Nc1cnn(-c2ncccn2)c1. The quantitative estimate of drug-likeness (QED) is 0.795. The third-order valence-corrected chi connectivity index (χ3v) is 4.43. The molecule has 128 valence electrons. The Morgan fingerprint density at radius 3 is 2.88 bits per heavy atom. The highest BCUT2D eigenvalue weighted by atomic mass is 16.2. The summed E-state index contributed by atoms with van der Waals surface area (Å²) in [6.45, 7) is 0.748. The van der Waals surface area contributed by atoms with Gasteiger partial charge < -0.3 is 14.8 Å². The van der Waals surface area contributed by atoms with Crippen LogP contribution in [0, 0.1) is 0 Å². The molecule has 1 atom stereocenters. The Kier molecular flexibility index (Phi) is 3.93. The summed E-state index contributed by atoms with van der Waals surface area (Å²) in [5, 5.41) is 7.13. The minimum atomic E-state index is -0.114. The van der Waals surface area contributed by atoms with Crippen LogP contribution in [0.15, 0.2) is 49.2 Å². The zero-order valence-electron chi connectivity index (χ0n) is 13.9. The third kappa shape index (κ3) is 2.98. The third-order valence-electron chi connectivity index (χ3n) is 4.43. The summed E-state index contributed by atoms with van der Waals surface area (Å²) in [5.41, 5.74) is 1.77. The average molecular weight is 337 g/mol. The van der Waals surface area contributed by atoms with Crippen molar-refractivity contribution in [2.45, 2.75) is 18.9 Å². The number of aryl methyl sites for hydroxylation is 1. The predicted octanol–water partition coefficient (Wildman–Crippen LogP) is 2.37. The van der Waals surface area contributed by atoms with Crippen LogP contribution in [0.2, 0.25) is 0 Å². The summed E-state index contributed by atoms with van der Waals surface area (Å²) in [7, 11) is 2.01. The van der Waals surface area contributed by atoms with Gasteiger partial charge >= 0.3 is 6.03 Å². The molecule has 1 aliphatic rings. The molecule has 0 bridgehead atoms. The molecule has 1 N–H and O–H groups in total. The summed E-state index contributed by atoms with van der Waals surface area (Å²) in [6, 6.07) is 5.81. The molecule has 8 heteroatoms. The number of hydrogen-bond acceptors (Lipinski definition) is 4. The summed E-state index contributed by atoms with van der Waals surface area (Å²) in [5.74, 6) is 0.464. The predicted molar refractivity (Wildman–Crippen MR) is 92.3 cm³/mol. The number of likely N-dealkylation sites (tertiary alicyclic amines) is 1. The summed E-state index contributed by atoms with van der Waals surface area (Å²) >= 11 is 0. The number of anilines is 1. The van der Waals surface area contributed by atoms with Crippen molar-refractivity contribution >= 4 is 11.7 Å². The van der Waals surface area contributed by atoms with Crippen molar-refractivity contribution in [2.24, 2.45) is 7.05 Å². The molecule has 3 aromatic rings. The molecule has 0 spiro atoms. The van der Waals surface area contributed by atoms with Gasteiger partial charge in [0.2, 0.25) is 5.95 Å². The van der Waals surface area contributed by atoms with Crippen LogP contribution in [0.1, 0.15) is 24.6 Å². The highest BCUT2D eigenvalue weighted by Crippen LogP contribution is 2.32. The molecule has 1 saturated heterocycles. The highest BCUT2D eigenvalue weighted by molar-refractivity contribution is 5.89. The van der Waals surface area contributed by atoms with Crippen molar-refractivity contribution in [1.29, 1.82) is 0 Å². The van der Waals surface area contributed by atoms with Gasteiger partial charge in [0, 0.05) is 37.9 Å². The molecular weight excluding hydrogens is 318 g/mol. The van der Waals surface area contributed by atoms with Gasteiger partial charge in [0.05, 0.1) is 24.1 Å². The highest BCUT2D eigenvalue weighted by Gasteiger charge is 2.31. The fraction of sp³-hybridized carbons (Fsp3) is 0.294. The van der Waals surface area contributed by atoms with E-state index in [9.17, 15) is 4.79 Å². The number of nitrogens with one attached hydrogen (secondary N) is 1. The topological polar surface area (TPSA) is 80.9 Å². The van der Waals surface area contributed by atoms with Crippen molar-refractivity contribution in [3.63, 3.8) is 0 Å². The van der Waals surface area contributed by atoms with Crippen molar-refractivity contribution in [2.75, 3.05) is 11.9 Å². The van der Waals surface area contributed by atoms with Gasteiger partial charge in [-0.25, -0.2) is 19.4 Å². The van der Waals surface area contributed by atoms with Crippen LogP contribution >= 0.6 is 0 Å². The number of hydrogen-bond donors (Lipinski definition) is 1. The first-order valence-electron chi connectivity index (χ1n) is 8.23. The van der Waals surface area contributed by atoms with E-state index in [2.05, 4.69) is 31.0 Å². The van der Waals surface area contributed by atoms with Crippen LogP contribution in [0.4, 0.5) is 10.5 Å². The van der Waals surface area contributed by atoms with E-state index in [0.29, 0.717) is 11.6 Å². The van der Waals surface area contributed by atoms with Crippen molar-refractivity contribution in [1.82, 2.24) is 29.2 Å². The van der Waals surface area contributed by atoms with E-state index < -0.39 is 0 Å². The molecule has 0 saturated carbocycles. The lowest BCUT2D eigenvalue weighted by molar-refractivity contribution is 0.205. The lowest BCUT2D eigenvalue weighted by Gasteiger charge is -2.25. The van der Waals surface area contributed by atoms with E-state index in [4.69, 9.17) is 0 Å². The van der Waals surface area contributed by atoms with Gasteiger partial charge in [0.25, 0.3) is 0 Å². The van der Waals surface area contributed by atoms with E-state index in [1.807, 2.05) is 24.2 Å². The van der Waals surface area contributed by atoms with E-state index in [-0.39, 0.29) is 12.1 Å². The van der Waals surface area contributed by atoms with Gasteiger partial charge in [0.1, 0.15) is 0 Å². The average Bonchev–Trinajstić information content (AvgIpc) is 3.35. The standard InChI is InChI=1S/C17H19N7O/c1-22-9-2-5-14(22)15-6-3-10-23(15)17(25)21-13-11-20-24(12-13)16-18-7-4-8-19-16/h2,4-5,7-9,11-12,15H,3,6,10H2,1H3,(H,21,25). The minimum absolute atomic E-state index is 0.104. The molecule has 8 nitrogen and oxygen atoms in total. The normalized spacial score (nSPS) is 17.0. The van der Waals surface area contributed by atoms with Crippen molar-refractivity contribution in [3.05, 3.63) is 54.9 Å². The van der Waals surface area contributed by atoms with Gasteiger partial charge in [-0.15, -0.1) is 0 Å². The molecule has 0 aliphatic carbocycles. The Morgan fingerprint density at radius 1 is 1.28 bits per heavy atom. The number of carbonyl (C=O) groups excluding carboxylic acids is 1. The Morgan fingerprint density at radius 2 is 2.12 bits per heavy atom. The first-order valence-corrected chi connectivity index (χ1v) is 8.23.